The van der Waals surface area contributed by atoms with E-state index in [-0.39, 0.29) is 27.4 Å². The average molecular weight is 529 g/mol. The lowest BCUT2D eigenvalue weighted by Crippen LogP contribution is -2.40. The molecule has 9 nitrogen and oxygen atoms in total. The van der Waals surface area contributed by atoms with Gasteiger partial charge in [0.25, 0.3) is 17.4 Å². The third-order valence-corrected chi connectivity index (χ3v) is 5.43. The minimum absolute atomic E-state index is 0.0397. The highest BCUT2D eigenvalue weighted by atomic mass is 35.5. The normalized spacial score (nSPS) is 12.4. The highest BCUT2D eigenvalue weighted by Gasteiger charge is 2.31. The molecule has 2 aromatic carbocycles. The number of benzene rings is 2. The quantitative estimate of drug-likeness (QED) is 0.260. The number of hydrogen-bond acceptors (Lipinski definition) is 6. The van der Waals surface area contributed by atoms with Crippen LogP contribution in [0, 0.1) is 0 Å². The van der Waals surface area contributed by atoms with E-state index in [1.165, 1.54) is 6.07 Å². The van der Waals surface area contributed by atoms with E-state index in [2.05, 4.69) is 31.0 Å². The van der Waals surface area contributed by atoms with Gasteiger partial charge < -0.3 is 5.32 Å². The van der Waals surface area contributed by atoms with E-state index in [0.29, 0.717) is 17.6 Å². The van der Waals surface area contributed by atoms with Crippen molar-refractivity contribution in [3.05, 3.63) is 105 Å². The van der Waals surface area contributed by atoms with E-state index >= 15 is 0 Å². The number of hydrazone groups is 1. The SMILES string of the molecule is O=C(NC(C(=O)N/N=C/c1ncc(C(F)(F)F)cc1Cl)c1n[nH]c(=O)c2ccccc12)c1ccccc1. The van der Waals surface area contributed by atoms with Gasteiger partial charge in [0.1, 0.15) is 11.4 Å². The van der Waals surface area contributed by atoms with E-state index < -0.39 is 35.2 Å². The molecule has 37 heavy (non-hydrogen) atoms. The number of H-pyrrole nitrogens is 1. The first kappa shape index (κ1) is 25.5. The lowest BCUT2D eigenvalue weighted by atomic mass is 10.0. The number of nitrogens with one attached hydrogen (secondary N) is 3. The van der Waals surface area contributed by atoms with Crippen molar-refractivity contribution in [1.29, 1.82) is 0 Å². The molecule has 0 saturated carbocycles. The molecule has 2 heterocycles. The molecule has 0 bridgehead atoms. The van der Waals surface area contributed by atoms with Crippen LogP contribution in [0.5, 0.6) is 0 Å². The Kier molecular flexibility index (Phi) is 7.30. The van der Waals surface area contributed by atoms with Crippen molar-refractivity contribution in [2.45, 2.75) is 12.2 Å². The number of carbonyl (C=O) groups is 2. The Morgan fingerprint density at radius 2 is 1.73 bits per heavy atom. The van der Waals surface area contributed by atoms with Gasteiger partial charge in [0.2, 0.25) is 0 Å². The molecular formula is C24H16ClF3N6O3. The number of alkyl halides is 3. The number of aromatic nitrogens is 3. The molecule has 1 atom stereocenters. The number of hydrogen-bond donors (Lipinski definition) is 3. The van der Waals surface area contributed by atoms with Crippen LogP contribution in [0.25, 0.3) is 10.8 Å². The summed E-state index contributed by atoms with van der Waals surface area (Å²) in [6.45, 7) is 0. The zero-order chi connectivity index (χ0) is 26.6. The Labute approximate surface area is 211 Å². The maximum Gasteiger partial charge on any atom is 0.417 e. The molecule has 1 unspecified atom stereocenters. The van der Waals surface area contributed by atoms with E-state index in [1.807, 2.05) is 0 Å². The number of nitrogens with zero attached hydrogens (tertiary/aromatic N) is 3. The van der Waals surface area contributed by atoms with Crippen molar-refractivity contribution in [2.75, 3.05) is 0 Å². The molecule has 13 heteroatoms. The Bertz CT molecular complexity index is 1560. The van der Waals surface area contributed by atoms with E-state index in [4.69, 9.17) is 11.6 Å². The third-order valence-electron chi connectivity index (χ3n) is 5.13. The first-order valence-electron chi connectivity index (χ1n) is 10.5. The summed E-state index contributed by atoms with van der Waals surface area (Å²) >= 11 is 5.86. The van der Waals surface area contributed by atoms with Gasteiger partial charge >= 0.3 is 6.18 Å². The van der Waals surface area contributed by atoms with Crippen molar-refractivity contribution >= 4 is 40.4 Å². The van der Waals surface area contributed by atoms with Crippen LogP contribution in [0.3, 0.4) is 0 Å². The molecule has 0 aliphatic rings. The summed E-state index contributed by atoms with van der Waals surface area (Å²) in [6, 6.07) is 13.7. The zero-order valence-electron chi connectivity index (χ0n) is 18.6. The topological polar surface area (TPSA) is 129 Å². The van der Waals surface area contributed by atoms with Crippen molar-refractivity contribution in [3.8, 4) is 0 Å². The Hall–Kier alpha value is -4.58. The van der Waals surface area contributed by atoms with Gasteiger partial charge in [-0.05, 0) is 24.3 Å². The maximum absolute atomic E-state index is 13.1. The van der Waals surface area contributed by atoms with Gasteiger partial charge in [0.15, 0.2) is 6.04 Å². The van der Waals surface area contributed by atoms with Gasteiger partial charge in [0.05, 0.1) is 22.2 Å². The summed E-state index contributed by atoms with van der Waals surface area (Å²) in [7, 11) is 0. The number of halogens is 4. The second-order valence-corrected chi connectivity index (χ2v) is 7.99. The van der Waals surface area contributed by atoms with Crippen molar-refractivity contribution < 1.29 is 22.8 Å². The molecule has 2 aromatic heterocycles. The van der Waals surface area contributed by atoms with E-state index in [9.17, 15) is 27.6 Å². The maximum atomic E-state index is 13.1. The lowest BCUT2D eigenvalue weighted by Gasteiger charge is -2.18. The van der Waals surface area contributed by atoms with Gasteiger partial charge in [-0.1, -0.05) is 48.0 Å². The minimum Gasteiger partial charge on any atom is -0.335 e. The molecule has 0 fully saturated rings. The van der Waals surface area contributed by atoms with Crippen molar-refractivity contribution in [1.82, 2.24) is 25.9 Å². The van der Waals surface area contributed by atoms with Crippen molar-refractivity contribution in [2.24, 2.45) is 5.10 Å². The Morgan fingerprint density at radius 1 is 1.05 bits per heavy atom. The molecule has 4 aromatic rings. The molecule has 3 N–H and O–H groups in total. The predicted molar refractivity (Wildman–Crippen MR) is 129 cm³/mol. The zero-order valence-corrected chi connectivity index (χ0v) is 19.3. The number of amides is 2. The van der Waals surface area contributed by atoms with Crippen LogP contribution in [-0.4, -0.2) is 33.2 Å². The van der Waals surface area contributed by atoms with Gasteiger partial charge in [-0.2, -0.15) is 23.4 Å². The van der Waals surface area contributed by atoms with Gasteiger partial charge in [-0.15, -0.1) is 0 Å². The summed E-state index contributed by atoms with van der Waals surface area (Å²) in [4.78, 5) is 41.8. The highest BCUT2D eigenvalue weighted by Crippen LogP contribution is 2.30. The lowest BCUT2D eigenvalue weighted by molar-refractivity contribution is -0.137. The van der Waals surface area contributed by atoms with Crippen LogP contribution in [0.2, 0.25) is 5.02 Å². The fourth-order valence-electron chi connectivity index (χ4n) is 3.34. The molecule has 2 amide bonds. The largest absolute Gasteiger partial charge is 0.417 e. The standard InChI is InChI=1S/C24H16ClF3N6O3/c25-17-10-14(24(26,27)28)11-29-18(17)12-30-33-23(37)20(31-21(35)13-6-2-1-3-7-13)19-15-8-4-5-9-16(15)22(36)34-32-19/h1-12,20H,(H,31,35)(H,33,37)(H,34,36)/b30-12+. The number of pyridine rings is 1. The molecule has 0 aliphatic carbocycles. The van der Waals surface area contributed by atoms with Crippen LogP contribution in [0.1, 0.15) is 33.4 Å². The fourth-order valence-corrected chi connectivity index (χ4v) is 3.55. The first-order valence-corrected chi connectivity index (χ1v) is 10.9. The molecule has 0 radical (unpaired) electrons. The molecule has 0 aliphatic heterocycles. The second kappa shape index (κ2) is 10.6. The van der Waals surface area contributed by atoms with Crippen LogP contribution >= 0.6 is 11.6 Å². The fraction of sp³-hybridized carbons (Fsp3) is 0.0833. The van der Waals surface area contributed by atoms with Crippen molar-refractivity contribution in [3.63, 3.8) is 0 Å². The Balaban J connectivity index is 1.64. The van der Waals surface area contributed by atoms with Crippen LogP contribution in [0.4, 0.5) is 13.2 Å². The molecule has 0 spiro atoms. The highest BCUT2D eigenvalue weighted by molar-refractivity contribution is 6.32. The van der Waals surface area contributed by atoms with Gasteiger partial charge in [-0.3, -0.25) is 19.4 Å². The monoisotopic (exact) mass is 528 g/mol. The van der Waals surface area contributed by atoms with Crippen LogP contribution in [-0.2, 0) is 11.0 Å². The summed E-state index contributed by atoms with van der Waals surface area (Å²) in [5, 5.41) is 12.8. The Morgan fingerprint density at radius 3 is 2.41 bits per heavy atom. The van der Waals surface area contributed by atoms with E-state index in [1.54, 1.807) is 48.5 Å². The van der Waals surface area contributed by atoms with Gasteiger partial charge in [0, 0.05) is 17.1 Å². The summed E-state index contributed by atoms with van der Waals surface area (Å²) in [6.07, 6.45) is -3.10. The number of aromatic amines is 1. The number of fused-ring (bicyclic) bond motifs is 1. The predicted octanol–water partition coefficient (Wildman–Crippen LogP) is 3.61. The van der Waals surface area contributed by atoms with Crippen LogP contribution in [0.15, 0.2) is 76.8 Å². The summed E-state index contributed by atoms with van der Waals surface area (Å²) in [5.41, 5.74) is 0.836. The summed E-state index contributed by atoms with van der Waals surface area (Å²) < 4.78 is 38.5. The second-order valence-electron chi connectivity index (χ2n) is 7.58. The first-order chi connectivity index (χ1) is 17.6. The summed E-state index contributed by atoms with van der Waals surface area (Å²) in [5.74, 6) is -1.46. The van der Waals surface area contributed by atoms with E-state index in [0.717, 1.165) is 6.21 Å². The van der Waals surface area contributed by atoms with Gasteiger partial charge in [-0.25, -0.2) is 10.5 Å². The minimum atomic E-state index is -4.63. The smallest absolute Gasteiger partial charge is 0.335 e. The van der Waals surface area contributed by atoms with Crippen LogP contribution < -0.4 is 16.3 Å². The molecule has 188 valence electrons. The third kappa shape index (κ3) is 5.81. The molecule has 4 rings (SSSR count). The number of rotatable bonds is 6. The molecular weight excluding hydrogens is 513 g/mol. The number of carbonyl (C=O) groups excluding carboxylic acids is 2. The molecule has 0 saturated heterocycles. The average Bonchev–Trinajstić information content (AvgIpc) is 2.88.